The van der Waals surface area contributed by atoms with Crippen molar-refractivity contribution in [2.24, 2.45) is 0 Å². The van der Waals surface area contributed by atoms with Crippen LogP contribution in [-0.2, 0) is 16.0 Å². The number of carbonyl (C=O) groups is 2. The second-order valence-electron chi connectivity index (χ2n) is 9.44. The third-order valence-electron chi connectivity index (χ3n) is 6.72. The number of anilines is 1. The molecule has 3 heterocycles. The van der Waals surface area contributed by atoms with E-state index in [1.54, 1.807) is 36.5 Å². The number of amides is 1. The van der Waals surface area contributed by atoms with Crippen LogP contribution in [0.2, 0.25) is 0 Å². The lowest BCUT2D eigenvalue weighted by Crippen LogP contribution is -2.30. The van der Waals surface area contributed by atoms with Gasteiger partial charge in [0, 0.05) is 18.2 Å². The minimum Gasteiger partial charge on any atom is -0.507 e. The van der Waals surface area contributed by atoms with Crippen LogP contribution in [-0.4, -0.2) is 34.5 Å². The average Bonchev–Trinajstić information content (AvgIpc) is 3.42. The smallest absolute Gasteiger partial charge is 0.301 e. The number of aromatic nitrogens is 1. The van der Waals surface area contributed by atoms with Crippen molar-refractivity contribution < 1.29 is 24.2 Å². The van der Waals surface area contributed by atoms with Crippen LogP contribution in [0.25, 0.3) is 5.76 Å². The highest BCUT2D eigenvalue weighted by Crippen LogP contribution is 2.42. The molecule has 3 aromatic rings. The molecule has 1 aromatic heterocycles. The van der Waals surface area contributed by atoms with Crippen molar-refractivity contribution in [1.29, 1.82) is 0 Å². The zero-order valence-corrected chi connectivity index (χ0v) is 21.0. The summed E-state index contributed by atoms with van der Waals surface area (Å²) >= 11 is 0. The van der Waals surface area contributed by atoms with E-state index in [1.807, 2.05) is 37.3 Å². The molecule has 2 aromatic carbocycles. The fraction of sp³-hybridized carbons (Fsp3) is 0.300. The topological polar surface area (TPSA) is 89.0 Å². The third kappa shape index (κ3) is 4.81. The summed E-state index contributed by atoms with van der Waals surface area (Å²) in [6, 6.07) is 17.0. The number of ketones is 1. The molecule has 37 heavy (non-hydrogen) atoms. The molecule has 5 rings (SSSR count). The highest BCUT2D eigenvalue weighted by molar-refractivity contribution is 6.51. The zero-order valence-electron chi connectivity index (χ0n) is 21.0. The molecule has 2 atom stereocenters. The number of pyridine rings is 1. The fourth-order valence-corrected chi connectivity index (χ4v) is 4.89. The maximum atomic E-state index is 13.4. The maximum absolute atomic E-state index is 13.4. The summed E-state index contributed by atoms with van der Waals surface area (Å²) in [5, 5.41) is 11.4. The van der Waals surface area contributed by atoms with Crippen LogP contribution in [0.4, 0.5) is 5.82 Å². The van der Waals surface area contributed by atoms with E-state index < -0.39 is 17.7 Å². The number of carbonyl (C=O) groups excluding carboxylic acids is 2. The summed E-state index contributed by atoms with van der Waals surface area (Å²) in [5.74, 6) is 0.113. The summed E-state index contributed by atoms with van der Waals surface area (Å²) in [7, 11) is 0. The Kier molecular flexibility index (Phi) is 6.95. The van der Waals surface area contributed by atoms with Gasteiger partial charge in [-0.05, 0) is 66.9 Å². The fourth-order valence-electron chi connectivity index (χ4n) is 4.89. The van der Waals surface area contributed by atoms with E-state index in [0.717, 1.165) is 30.6 Å². The predicted octanol–water partition coefficient (Wildman–Crippen LogP) is 5.60. The van der Waals surface area contributed by atoms with Gasteiger partial charge in [-0.3, -0.25) is 14.5 Å². The first-order valence-electron chi connectivity index (χ1n) is 12.7. The van der Waals surface area contributed by atoms with Crippen molar-refractivity contribution in [3.8, 4) is 11.5 Å². The average molecular weight is 499 g/mol. The van der Waals surface area contributed by atoms with Gasteiger partial charge < -0.3 is 14.6 Å². The molecule has 2 unspecified atom stereocenters. The van der Waals surface area contributed by atoms with Crippen LogP contribution in [0.1, 0.15) is 55.8 Å². The number of ether oxygens (including phenoxy) is 2. The third-order valence-corrected chi connectivity index (χ3v) is 6.72. The molecular weight excluding hydrogens is 468 g/mol. The molecule has 0 saturated carbocycles. The van der Waals surface area contributed by atoms with Crippen molar-refractivity contribution in [2.45, 2.75) is 51.7 Å². The zero-order chi connectivity index (χ0) is 25.9. The molecule has 0 radical (unpaired) electrons. The molecule has 2 aliphatic rings. The van der Waals surface area contributed by atoms with Gasteiger partial charge in [-0.15, -0.1) is 0 Å². The normalized spacial score (nSPS) is 20.1. The second kappa shape index (κ2) is 10.5. The quantitative estimate of drug-likeness (QED) is 0.188. The van der Waals surface area contributed by atoms with E-state index in [4.69, 9.17) is 9.47 Å². The highest BCUT2D eigenvalue weighted by atomic mass is 16.5. The first-order chi connectivity index (χ1) is 18.0. The molecule has 7 nitrogen and oxygen atoms in total. The highest BCUT2D eigenvalue weighted by Gasteiger charge is 2.47. The summed E-state index contributed by atoms with van der Waals surface area (Å²) in [4.78, 5) is 32.3. The molecule has 1 N–H and O–H groups in total. The predicted molar refractivity (Wildman–Crippen MR) is 141 cm³/mol. The van der Waals surface area contributed by atoms with Crippen molar-refractivity contribution >= 4 is 23.3 Å². The van der Waals surface area contributed by atoms with E-state index in [0.29, 0.717) is 35.7 Å². The van der Waals surface area contributed by atoms with Crippen molar-refractivity contribution in [3.05, 3.63) is 89.1 Å². The molecular formula is C30H30N2O5. The Morgan fingerprint density at radius 3 is 2.65 bits per heavy atom. The van der Waals surface area contributed by atoms with Gasteiger partial charge in [-0.1, -0.05) is 38.0 Å². The van der Waals surface area contributed by atoms with Gasteiger partial charge in [0.1, 0.15) is 29.2 Å². The van der Waals surface area contributed by atoms with Crippen LogP contribution >= 0.6 is 0 Å². The van der Waals surface area contributed by atoms with Gasteiger partial charge in [0.2, 0.25) is 0 Å². The summed E-state index contributed by atoms with van der Waals surface area (Å²) in [5.41, 5.74) is 2.12. The van der Waals surface area contributed by atoms with Gasteiger partial charge >= 0.3 is 5.91 Å². The molecule has 7 heteroatoms. The van der Waals surface area contributed by atoms with E-state index in [-0.39, 0.29) is 17.4 Å². The molecule has 1 saturated heterocycles. The number of Topliss-reactive ketones (excluding diaryl/α,β-unsaturated/α-hetero) is 1. The van der Waals surface area contributed by atoms with Crippen LogP contribution < -0.4 is 14.4 Å². The number of benzene rings is 2. The van der Waals surface area contributed by atoms with Gasteiger partial charge in [0.15, 0.2) is 0 Å². The van der Waals surface area contributed by atoms with Crippen LogP contribution in [0.5, 0.6) is 11.5 Å². The molecule has 1 fully saturated rings. The van der Waals surface area contributed by atoms with Crippen LogP contribution in [0.15, 0.2) is 72.4 Å². The number of aliphatic hydroxyl groups is 1. The number of aliphatic hydroxyl groups excluding tert-OH is 1. The van der Waals surface area contributed by atoms with Gasteiger partial charge in [-0.2, -0.15) is 0 Å². The number of hydrogen-bond acceptors (Lipinski definition) is 6. The van der Waals surface area contributed by atoms with Gasteiger partial charge in [0.25, 0.3) is 5.78 Å². The minimum absolute atomic E-state index is 0.0270. The lowest BCUT2D eigenvalue weighted by Gasteiger charge is -2.24. The molecule has 1 amide bonds. The monoisotopic (exact) mass is 498 g/mol. The van der Waals surface area contributed by atoms with E-state index in [9.17, 15) is 14.7 Å². The van der Waals surface area contributed by atoms with Crippen LogP contribution in [0, 0.1) is 0 Å². The second-order valence-corrected chi connectivity index (χ2v) is 9.44. The summed E-state index contributed by atoms with van der Waals surface area (Å²) in [6.07, 6.45) is 5.52. The molecule has 0 spiro atoms. The standard InChI is InChI=1S/C30H30N2O5/c1-3-4-7-16-36-23-12-9-20(10-13-23)27-26(29(34)30(35)32(27)25-8-5-6-15-31-25)28(33)21-11-14-24-22(18-21)17-19(2)37-24/h5-6,8-15,18-19,27,33H,3-4,7,16-17H2,1-2H3/b28-26+. The minimum atomic E-state index is -0.840. The first kappa shape index (κ1) is 24.6. The SMILES string of the molecule is CCCCCOc1ccc(C2/C(=C(\O)c3ccc4c(c3)CC(C)O4)C(=O)C(=O)N2c2ccccn2)cc1. The van der Waals surface area contributed by atoms with Crippen molar-refractivity contribution in [3.63, 3.8) is 0 Å². The first-order valence-corrected chi connectivity index (χ1v) is 12.7. The molecule has 0 aliphatic carbocycles. The Morgan fingerprint density at radius 2 is 1.92 bits per heavy atom. The lowest BCUT2D eigenvalue weighted by atomic mass is 9.94. The number of fused-ring (bicyclic) bond motifs is 1. The number of rotatable bonds is 8. The Bertz CT molecular complexity index is 1330. The summed E-state index contributed by atoms with van der Waals surface area (Å²) < 4.78 is 11.6. The van der Waals surface area contributed by atoms with Gasteiger partial charge in [0.05, 0.1) is 18.2 Å². The Morgan fingerprint density at radius 1 is 1.11 bits per heavy atom. The van der Waals surface area contributed by atoms with Crippen molar-refractivity contribution in [2.75, 3.05) is 11.5 Å². The Hall–Kier alpha value is -4.13. The lowest BCUT2D eigenvalue weighted by molar-refractivity contribution is -0.132. The van der Waals surface area contributed by atoms with Crippen LogP contribution in [0.3, 0.4) is 0 Å². The summed E-state index contributed by atoms with van der Waals surface area (Å²) in [6.45, 7) is 4.75. The van der Waals surface area contributed by atoms with E-state index >= 15 is 0 Å². The molecule has 0 bridgehead atoms. The van der Waals surface area contributed by atoms with Crippen molar-refractivity contribution in [1.82, 2.24) is 4.98 Å². The van der Waals surface area contributed by atoms with E-state index in [2.05, 4.69) is 11.9 Å². The number of nitrogens with zero attached hydrogens (tertiary/aromatic N) is 2. The molecule has 190 valence electrons. The maximum Gasteiger partial charge on any atom is 0.301 e. The number of hydrogen-bond donors (Lipinski definition) is 1. The molecule has 2 aliphatic heterocycles. The van der Waals surface area contributed by atoms with Gasteiger partial charge in [-0.25, -0.2) is 4.98 Å². The largest absolute Gasteiger partial charge is 0.507 e. The Balaban J connectivity index is 1.56. The number of unbranched alkanes of at least 4 members (excludes halogenated alkanes) is 2. The Labute approximate surface area is 216 Å². The van der Waals surface area contributed by atoms with E-state index in [1.165, 1.54) is 4.90 Å².